The first-order chi connectivity index (χ1) is 10.8. The lowest BCUT2D eigenvalue weighted by Crippen LogP contribution is -2.44. The highest BCUT2D eigenvalue weighted by molar-refractivity contribution is 8.00. The molecule has 1 aliphatic rings. The average Bonchev–Trinajstić information content (AvgIpc) is 2.51. The number of hydrogen-bond donors (Lipinski definition) is 2. The van der Waals surface area contributed by atoms with Crippen LogP contribution in [0.5, 0.6) is 0 Å². The zero-order valence-corrected chi connectivity index (χ0v) is 16.8. The summed E-state index contributed by atoms with van der Waals surface area (Å²) in [5.74, 6) is 0.953. The maximum absolute atomic E-state index is 5.52. The molecule has 0 spiro atoms. The number of thioether (sulfide) groups is 1. The van der Waals surface area contributed by atoms with Crippen LogP contribution in [0.15, 0.2) is 4.99 Å². The first kappa shape index (κ1) is 20.6. The molecule has 0 bridgehead atoms. The predicted molar refractivity (Wildman–Crippen MR) is 104 cm³/mol. The number of rotatable bonds is 7. The molecular weight excluding hydrogens is 306 g/mol. The molecule has 1 saturated heterocycles. The molecule has 4 nitrogen and oxygen atoms in total. The molecule has 5 heteroatoms. The number of guanidine groups is 1. The van der Waals surface area contributed by atoms with Gasteiger partial charge in [0.2, 0.25) is 0 Å². The van der Waals surface area contributed by atoms with E-state index >= 15 is 0 Å². The molecule has 0 amide bonds. The van der Waals surface area contributed by atoms with Crippen molar-refractivity contribution in [3.8, 4) is 0 Å². The Kier molecular flexibility index (Phi) is 8.76. The number of aliphatic imine (C=N–C) groups is 1. The van der Waals surface area contributed by atoms with Crippen LogP contribution in [0.1, 0.15) is 60.3 Å². The van der Waals surface area contributed by atoms with Crippen molar-refractivity contribution in [2.75, 3.05) is 32.6 Å². The summed E-state index contributed by atoms with van der Waals surface area (Å²) in [6.07, 6.45) is 6.77. The number of ether oxygens (including phenoxy) is 1. The third-order valence-corrected chi connectivity index (χ3v) is 5.82. The Morgan fingerprint density at radius 2 is 1.96 bits per heavy atom. The van der Waals surface area contributed by atoms with E-state index in [1.165, 1.54) is 6.42 Å². The molecule has 0 aromatic rings. The van der Waals surface area contributed by atoms with Crippen LogP contribution in [0.3, 0.4) is 0 Å². The van der Waals surface area contributed by atoms with E-state index < -0.39 is 0 Å². The number of hydrogen-bond acceptors (Lipinski definition) is 3. The summed E-state index contributed by atoms with van der Waals surface area (Å²) in [5.41, 5.74) is 0.385. The number of nitrogens with one attached hydrogen (secondary N) is 2. The van der Waals surface area contributed by atoms with Gasteiger partial charge in [-0.05, 0) is 51.2 Å². The Balaban J connectivity index is 2.58. The van der Waals surface area contributed by atoms with E-state index in [0.717, 1.165) is 51.5 Å². The van der Waals surface area contributed by atoms with Crippen molar-refractivity contribution in [1.29, 1.82) is 0 Å². The van der Waals surface area contributed by atoms with E-state index in [1.807, 2.05) is 11.8 Å². The fraction of sp³-hybridized carbons (Fsp3) is 0.944. The average molecular weight is 344 g/mol. The Bertz CT molecular complexity index is 360. The summed E-state index contributed by atoms with van der Waals surface area (Å²) >= 11 is 1.94. The summed E-state index contributed by atoms with van der Waals surface area (Å²) in [6, 6.07) is 0.437. The van der Waals surface area contributed by atoms with Gasteiger partial charge in [-0.1, -0.05) is 20.8 Å². The second-order valence-corrected chi connectivity index (χ2v) is 9.11. The first-order valence-corrected chi connectivity index (χ1v) is 10.2. The van der Waals surface area contributed by atoms with Gasteiger partial charge in [0.05, 0.1) is 6.54 Å². The van der Waals surface area contributed by atoms with Crippen LogP contribution in [0.2, 0.25) is 0 Å². The molecule has 23 heavy (non-hydrogen) atoms. The molecule has 0 aliphatic carbocycles. The lowest BCUT2D eigenvalue weighted by molar-refractivity contribution is 0.0794. The van der Waals surface area contributed by atoms with Crippen LogP contribution in [0.25, 0.3) is 0 Å². The Hall–Kier alpha value is -0.420. The van der Waals surface area contributed by atoms with Crippen molar-refractivity contribution in [2.45, 2.75) is 71.1 Å². The lowest BCUT2D eigenvalue weighted by atomic mass is 9.89. The standard InChI is InChI=1S/C18H37N3OS/c1-7-19-16(21-15(2)8-9-17(3,4)5)20-14-18(23-6)10-12-22-13-11-18/h15H,7-14H2,1-6H3,(H2,19,20,21). The molecule has 0 aromatic heterocycles. The summed E-state index contributed by atoms with van der Waals surface area (Å²) in [6.45, 7) is 14.7. The monoisotopic (exact) mass is 343 g/mol. The van der Waals surface area contributed by atoms with E-state index in [1.54, 1.807) is 0 Å². The maximum Gasteiger partial charge on any atom is 0.191 e. The topological polar surface area (TPSA) is 45.7 Å². The lowest BCUT2D eigenvalue weighted by Gasteiger charge is -2.34. The highest BCUT2D eigenvalue weighted by Crippen LogP contribution is 2.34. The van der Waals surface area contributed by atoms with E-state index in [4.69, 9.17) is 9.73 Å². The van der Waals surface area contributed by atoms with Crippen LogP contribution in [0, 0.1) is 5.41 Å². The normalized spacial score (nSPS) is 20.2. The molecule has 1 unspecified atom stereocenters. The van der Waals surface area contributed by atoms with E-state index in [0.29, 0.717) is 11.5 Å². The molecule has 0 radical (unpaired) electrons. The zero-order chi connectivity index (χ0) is 17.3. The van der Waals surface area contributed by atoms with Gasteiger partial charge in [-0.2, -0.15) is 11.8 Å². The molecule has 2 N–H and O–H groups in total. The minimum Gasteiger partial charge on any atom is -0.381 e. The first-order valence-electron chi connectivity index (χ1n) is 8.98. The van der Waals surface area contributed by atoms with Crippen molar-refractivity contribution in [3.63, 3.8) is 0 Å². The third kappa shape index (κ3) is 8.30. The second-order valence-electron chi connectivity index (χ2n) is 7.84. The highest BCUT2D eigenvalue weighted by atomic mass is 32.2. The fourth-order valence-corrected chi connectivity index (χ4v) is 3.44. The van der Waals surface area contributed by atoms with Gasteiger partial charge in [0.15, 0.2) is 5.96 Å². The van der Waals surface area contributed by atoms with Gasteiger partial charge in [0.1, 0.15) is 0 Å². The van der Waals surface area contributed by atoms with E-state index in [-0.39, 0.29) is 4.75 Å². The second kappa shape index (κ2) is 9.77. The molecule has 1 aliphatic heterocycles. The summed E-state index contributed by atoms with van der Waals surface area (Å²) in [4.78, 5) is 4.88. The quantitative estimate of drug-likeness (QED) is 0.547. The van der Waals surface area contributed by atoms with Gasteiger partial charge >= 0.3 is 0 Å². The van der Waals surface area contributed by atoms with Gasteiger partial charge in [-0.25, -0.2) is 0 Å². The number of nitrogens with zero attached hydrogens (tertiary/aromatic N) is 1. The van der Waals surface area contributed by atoms with Gasteiger partial charge in [-0.3, -0.25) is 4.99 Å². The molecule has 1 atom stereocenters. The van der Waals surface area contributed by atoms with Gasteiger partial charge in [0, 0.05) is 30.5 Å². The Morgan fingerprint density at radius 1 is 1.30 bits per heavy atom. The molecule has 1 rings (SSSR count). The maximum atomic E-state index is 5.52. The zero-order valence-electron chi connectivity index (χ0n) is 16.0. The van der Waals surface area contributed by atoms with Gasteiger partial charge < -0.3 is 15.4 Å². The largest absolute Gasteiger partial charge is 0.381 e. The molecular formula is C18H37N3OS. The predicted octanol–water partition coefficient (Wildman–Crippen LogP) is 3.67. The van der Waals surface area contributed by atoms with Crippen LogP contribution < -0.4 is 10.6 Å². The van der Waals surface area contributed by atoms with Crippen molar-refractivity contribution in [1.82, 2.24) is 10.6 Å². The summed E-state index contributed by atoms with van der Waals surface area (Å²) in [5, 5.41) is 6.96. The fourth-order valence-electron chi connectivity index (χ4n) is 2.67. The molecule has 1 heterocycles. The summed E-state index contributed by atoms with van der Waals surface area (Å²) in [7, 11) is 0. The SMILES string of the molecule is CCNC(=NCC1(SC)CCOCC1)NC(C)CCC(C)(C)C. The molecule has 1 fully saturated rings. The third-order valence-electron chi connectivity index (χ3n) is 4.42. The van der Waals surface area contributed by atoms with E-state index in [2.05, 4.69) is 51.5 Å². The Labute approximate surface area is 147 Å². The van der Waals surface area contributed by atoms with Crippen molar-refractivity contribution in [2.24, 2.45) is 10.4 Å². The molecule has 0 aromatic carbocycles. The van der Waals surface area contributed by atoms with Crippen molar-refractivity contribution < 1.29 is 4.74 Å². The smallest absolute Gasteiger partial charge is 0.191 e. The van der Waals surface area contributed by atoms with Crippen LogP contribution in [-0.4, -0.2) is 49.3 Å². The minimum atomic E-state index is 0.245. The minimum absolute atomic E-state index is 0.245. The van der Waals surface area contributed by atoms with Crippen LogP contribution >= 0.6 is 11.8 Å². The van der Waals surface area contributed by atoms with Gasteiger partial charge in [-0.15, -0.1) is 0 Å². The van der Waals surface area contributed by atoms with Crippen LogP contribution in [-0.2, 0) is 4.74 Å². The molecule has 0 saturated carbocycles. The van der Waals surface area contributed by atoms with E-state index in [9.17, 15) is 0 Å². The highest BCUT2D eigenvalue weighted by Gasteiger charge is 2.31. The van der Waals surface area contributed by atoms with Crippen molar-refractivity contribution >= 4 is 17.7 Å². The van der Waals surface area contributed by atoms with Crippen molar-refractivity contribution in [3.05, 3.63) is 0 Å². The molecule has 136 valence electrons. The van der Waals surface area contributed by atoms with Gasteiger partial charge in [0.25, 0.3) is 0 Å². The summed E-state index contributed by atoms with van der Waals surface area (Å²) < 4.78 is 5.76. The van der Waals surface area contributed by atoms with Crippen LogP contribution in [0.4, 0.5) is 0 Å². The Morgan fingerprint density at radius 3 is 2.48 bits per heavy atom.